The van der Waals surface area contributed by atoms with Gasteiger partial charge < -0.3 is 4.74 Å². The maximum Gasteiger partial charge on any atom is 0.339 e. The van der Waals surface area contributed by atoms with E-state index in [9.17, 15) is 4.79 Å². The van der Waals surface area contributed by atoms with Gasteiger partial charge in [-0.3, -0.25) is 0 Å². The summed E-state index contributed by atoms with van der Waals surface area (Å²) < 4.78 is 6.37. The second-order valence-corrected chi connectivity index (χ2v) is 6.89. The highest BCUT2D eigenvalue weighted by atomic mass is 16.6. The summed E-state index contributed by atoms with van der Waals surface area (Å²) in [5.41, 5.74) is 2.68. The lowest BCUT2D eigenvalue weighted by Gasteiger charge is -2.35. The van der Waals surface area contributed by atoms with Gasteiger partial charge in [0, 0.05) is 22.3 Å². The topological polar surface area (TPSA) is 26.3 Å². The molecule has 0 heterocycles. The summed E-state index contributed by atoms with van der Waals surface area (Å²) in [5, 5.41) is 0. The molecule has 0 saturated heterocycles. The molecule has 0 spiro atoms. The van der Waals surface area contributed by atoms with Crippen molar-refractivity contribution < 1.29 is 9.53 Å². The highest BCUT2D eigenvalue weighted by molar-refractivity contribution is 5.90. The number of benzene rings is 4. The average Bonchev–Trinajstić information content (AvgIpc) is 2.84. The fourth-order valence-electron chi connectivity index (χ4n) is 3.60. The Labute approximate surface area is 176 Å². The number of esters is 1. The van der Waals surface area contributed by atoms with Gasteiger partial charge in [-0.05, 0) is 24.3 Å². The van der Waals surface area contributed by atoms with Gasteiger partial charge in [-0.2, -0.15) is 0 Å². The van der Waals surface area contributed by atoms with Crippen LogP contribution in [0.3, 0.4) is 0 Å². The van der Waals surface area contributed by atoms with Gasteiger partial charge in [-0.1, -0.05) is 96.9 Å². The van der Waals surface area contributed by atoms with E-state index < -0.39 is 11.6 Å². The quantitative estimate of drug-likeness (QED) is 0.245. The zero-order chi connectivity index (χ0) is 20.8. The molecule has 30 heavy (non-hydrogen) atoms. The predicted octanol–water partition coefficient (Wildman–Crippen LogP) is 5.82. The molecule has 4 aromatic carbocycles. The molecule has 2 heteroatoms. The molecule has 0 unspecified atom stereocenters. The second kappa shape index (κ2) is 8.51. The van der Waals surface area contributed by atoms with Crippen LogP contribution in [0.5, 0.6) is 0 Å². The van der Waals surface area contributed by atoms with E-state index in [1.54, 1.807) is 24.3 Å². The molecule has 0 bridgehead atoms. The van der Waals surface area contributed by atoms with E-state index in [0.717, 1.165) is 16.7 Å². The first-order valence-electron chi connectivity index (χ1n) is 9.70. The van der Waals surface area contributed by atoms with Crippen LogP contribution in [0, 0.1) is 12.3 Å². The molecule has 4 rings (SSSR count). The zero-order valence-corrected chi connectivity index (χ0v) is 16.4. The van der Waals surface area contributed by atoms with E-state index in [2.05, 4.69) is 5.92 Å². The van der Waals surface area contributed by atoms with Crippen LogP contribution in [0.2, 0.25) is 0 Å². The van der Waals surface area contributed by atoms with Crippen molar-refractivity contribution in [3.05, 3.63) is 143 Å². The number of carbonyl (C=O) groups excluding carboxylic acids is 1. The number of ether oxygens (including phenoxy) is 1. The van der Waals surface area contributed by atoms with Crippen LogP contribution >= 0.6 is 0 Å². The summed E-state index contributed by atoms with van der Waals surface area (Å²) in [5.74, 6) is 2.15. The van der Waals surface area contributed by atoms with Crippen LogP contribution < -0.4 is 0 Å². The number of carbonyl (C=O) groups is 1. The third kappa shape index (κ3) is 3.62. The molecular weight excluding hydrogens is 368 g/mol. The maximum absolute atomic E-state index is 13.3. The van der Waals surface area contributed by atoms with Crippen molar-refractivity contribution in [1.82, 2.24) is 0 Å². The van der Waals surface area contributed by atoms with Crippen molar-refractivity contribution in [3.8, 4) is 12.3 Å². The lowest BCUT2D eigenvalue weighted by Crippen LogP contribution is -2.35. The van der Waals surface area contributed by atoms with Crippen molar-refractivity contribution in [2.45, 2.75) is 5.60 Å². The molecule has 0 radical (unpaired) electrons. The minimum atomic E-state index is -1.09. The Bertz CT molecular complexity index is 1060. The second-order valence-electron chi connectivity index (χ2n) is 6.89. The Balaban J connectivity index is 1.90. The normalized spacial score (nSPS) is 10.8. The predicted molar refractivity (Wildman–Crippen MR) is 119 cm³/mol. The largest absolute Gasteiger partial charge is 0.441 e. The Morgan fingerprint density at radius 2 is 1.03 bits per heavy atom. The molecule has 0 aliphatic heterocycles. The lowest BCUT2D eigenvalue weighted by atomic mass is 9.80. The lowest BCUT2D eigenvalue weighted by molar-refractivity contribution is 0.0141. The molecule has 0 aliphatic rings. The van der Waals surface area contributed by atoms with E-state index in [-0.39, 0.29) is 0 Å². The van der Waals surface area contributed by atoms with Gasteiger partial charge in [0.1, 0.15) is 0 Å². The minimum Gasteiger partial charge on any atom is -0.441 e. The molecule has 0 atom stereocenters. The Morgan fingerprint density at radius 3 is 1.40 bits per heavy atom. The summed E-state index contributed by atoms with van der Waals surface area (Å²) in [7, 11) is 0. The third-order valence-corrected chi connectivity index (χ3v) is 5.07. The summed E-state index contributed by atoms with van der Waals surface area (Å²) in [6.07, 6.45) is 5.44. The first-order chi connectivity index (χ1) is 14.7. The Kier molecular flexibility index (Phi) is 5.46. The Hall–Kier alpha value is -4.09. The van der Waals surface area contributed by atoms with Crippen LogP contribution in [-0.4, -0.2) is 5.97 Å². The van der Waals surface area contributed by atoms with Gasteiger partial charge in [0.2, 0.25) is 0 Å². The summed E-state index contributed by atoms with van der Waals surface area (Å²) in [4.78, 5) is 13.3. The molecule has 0 saturated carbocycles. The maximum atomic E-state index is 13.3. The van der Waals surface area contributed by atoms with Crippen molar-refractivity contribution in [2.24, 2.45) is 0 Å². The van der Waals surface area contributed by atoms with E-state index >= 15 is 0 Å². The first kappa shape index (κ1) is 19.2. The van der Waals surface area contributed by atoms with E-state index in [1.165, 1.54) is 0 Å². The summed E-state index contributed by atoms with van der Waals surface area (Å²) in [6.45, 7) is 0. The molecule has 0 N–H and O–H groups in total. The molecule has 0 aliphatic carbocycles. The van der Waals surface area contributed by atoms with Gasteiger partial charge in [-0.25, -0.2) is 4.79 Å². The zero-order valence-electron chi connectivity index (χ0n) is 16.4. The minimum absolute atomic E-state index is 0.421. The Morgan fingerprint density at radius 1 is 0.633 bits per heavy atom. The van der Waals surface area contributed by atoms with Crippen LogP contribution in [0.15, 0.2) is 115 Å². The molecule has 144 valence electrons. The molecule has 0 aromatic heterocycles. The van der Waals surface area contributed by atoms with E-state index in [1.807, 2.05) is 91.0 Å². The molecule has 4 aromatic rings. The van der Waals surface area contributed by atoms with Gasteiger partial charge >= 0.3 is 5.97 Å². The number of rotatable bonds is 5. The van der Waals surface area contributed by atoms with E-state index in [4.69, 9.17) is 11.2 Å². The van der Waals surface area contributed by atoms with Crippen molar-refractivity contribution in [3.63, 3.8) is 0 Å². The number of terminal acetylenes is 1. The smallest absolute Gasteiger partial charge is 0.339 e. The fourth-order valence-corrected chi connectivity index (χ4v) is 3.60. The summed E-state index contributed by atoms with van der Waals surface area (Å²) in [6, 6.07) is 36.3. The van der Waals surface area contributed by atoms with Crippen LogP contribution in [0.1, 0.15) is 32.6 Å². The monoisotopic (exact) mass is 388 g/mol. The number of hydrogen-bond acceptors (Lipinski definition) is 2. The van der Waals surface area contributed by atoms with Crippen LogP contribution in [0.4, 0.5) is 0 Å². The highest BCUT2D eigenvalue weighted by Crippen LogP contribution is 2.41. The average molecular weight is 388 g/mol. The van der Waals surface area contributed by atoms with Gasteiger partial charge in [-0.15, -0.1) is 6.42 Å². The van der Waals surface area contributed by atoms with Gasteiger partial charge in [0.15, 0.2) is 5.60 Å². The molecular formula is C28H20O2. The molecule has 2 nitrogen and oxygen atoms in total. The SMILES string of the molecule is C#Cc1ccc(C(=O)OC(c2ccccc2)(c2ccccc2)c2ccccc2)cc1. The van der Waals surface area contributed by atoms with Crippen molar-refractivity contribution in [2.75, 3.05) is 0 Å². The molecule has 0 amide bonds. The van der Waals surface area contributed by atoms with Gasteiger partial charge in [0.25, 0.3) is 0 Å². The highest BCUT2D eigenvalue weighted by Gasteiger charge is 2.40. The van der Waals surface area contributed by atoms with Gasteiger partial charge in [0.05, 0.1) is 5.56 Å². The van der Waals surface area contributed by atoms with Crippen LogP contribution in [-0.2, 0) is 10.3 Å². The first-order valence-corrected chi connectivity index (χ1v) is 9.70. The van der Waals surface area contributed by atoms with Crippen molar-refractivity contribution in [1.29, 1.82) is 0 Å². The van der Waals surface area contributed by atoms with Crippen molar-refractivity contribution >= 4 is 5.97 Å². The fraction of sp³-hybridized carbons (Fsp3) is 0.0357. The standard InChI is InChI=1S/C28H20O2/c1-2-22-18-20-23(21-19-22)27(29)30-28(24-12-6-3-7-13-24,25-14-8-4-9-15-25)26-16-10-5-11-17-26/h1,3-21H. The molecule has 0 fully saturated rings. The van der Waals surface area contributed by atoms with E-state index in [0.29, 0.717) is 11.1 Å². The number of hydrogen-bond donors (Lipinski definition) is 0. The third-order valence-electron chi connectivity index (χ3n) is 5.07. The van der Waals surface area contributed by atoms with Crippen LogP contribution in [0.25, 0.3) is 0 Å². The summed E-state index contributed by atoms with van der Waals surface area (Å²) >= 11 is 0.